The number of carbonyl (C=O) groups excluding carboxylic acids is 1. The number of nitrogens with zero attached hydrogens (tertiary/aromatic N) is 3. The van der Waals surface area contributed by atoms with Gasteiger partial charge in [0.1, 0.15) is 11.4 Å². The molecular weight excluding hydrogens is 466 g/mol. The number of aromatic nitrogens is 3. The SMILES string of the molecule is Cc1c(C(C)(F)F)nn(CC2(C)CC(F)(F)CC2C)c1C(=O)Nc1ccnc(S(N)(=O)=O)c1. The van der Waals surface area contributed by atoms with Gasteiger partial charge in [-0.3, -0.25) is 9.48 Å². The van der Waals surface area contributed by atoms with E-state index >= 15 is 0 Å². The van der Waals surface area contributed by atoms with Crippen LogP contribution in [0.25, 0.3) is 0 Å². The van der Waals surface area contributed by atoms with Crippen molar-refractivity contribution in [2.24, 2.45) is 16.5 Å². The van der Waals surface area contributed by atoms with Crippen LogP contribution in [-0.4, -0.2) is 35.0 Å². The summed E-state index contributed by atoms with van der Waals surface area (Å²) in [6.45, 7) is 5.01. The maximum absolute atomic E-state index is 14.2. The molecule has 3 N–H and O–H groups in total. The molecule has 182 valence electrons. The minimum Gasteiger partial charge on any atom is -0.321 e. The number of pyridine rings is 1. The molecule has 1 saturated carbocycles. The number of halogens is 4. The molecule has 0 aliphatic heterocycles. The van der Waals surface area contributed by atoms with Crippen LogP contribution < -0.4 is 10.5 Å². The van der Waals surface area contributed by atoms with Crippen LogP contribution in [-0.2, 0) is 22.5 Å². The molecule has 2 aromatic rings. The topological polar surface area (TPSA) is 120 Å². The number of anilines is 1. The van der Waals surface area contributed by atoms with E-state index in [4.69, 9.17) is 5.14 Å². The fraction of sp³-hybridized carbons (Fsp3) is 0.550. The largest absolute Gasteiger partial charge is 0.321 e. The zero-order valence-electron chi connectivity index (χ0n) is 18.5. The molecule has 2 heterocycles. The van der Waals surface area contributed by atoms with E-state index in [-0.39, 0.29) is 29.9 Å². The van der Waals surface area contributed by atoms with E-state index in [2.05, 4.69) is 15.4 Å². The number of amides is 1. The minimum absolute atomic E-state index is 0.00274. The molecule has 1 aliphatic carbocycles. The van der Waals surface area contributed by atoms with Gasteiger partial charge in [0, 0.05) is 49.8 Å². The Bertz CT molecular complexity index is 1190. The first-order valence-corrected chi connectivity index (χ1v) is 11.6. The summed E-state index contributed by atoms with van der Waals surface area (Å²) in [7, 11) is -4.15. The first kappa shape index (κ1) is 25.1. The van der Waals surface area contributed by atoms with Crippen molar-refractivity contribution in [3.8, 4) is 0 Å². The van der Waals surface area contributed by atoms with E-state index in [1.807, 2.05) is 0 Å². The number of hydrogen-bond acceptors (Lipinski definition) is 5. The lowest BCUT2D eigenvalue weighted by Gasteiger charge is -2.29. The van der Waals surface area contributed by atoms with Gasteiger partial charge < -0.3 is 5.32 Å². The van der Waals surface area contributed by atoms with Gasteiger partial charge in [-0.25, -0.2) is 27.3 Å². The van der Waals surface area contributed by atoms with Gasteiger partial charge in [0.25, 0.3) is 21.9 Å². The highest BCUT2D eigenvalue weighted by atomic mass is 32.2. The van der Waals surface area contributed by atoms with Gasteiger partial charge >= 0.3 is 0 Å². The number of nitrogens with two attached hydrogens (primary N) is 1. The second kappa shape index (κ2) is 8.05. The Labute approximate surface area is 188 Å². The Morgan fingerprint density at radius 1 is 1.39 bits per heavy atom. The van der Waals surface area contributed by atoms with Crippen molar-refractivity contribution >= 4 is 21.6 Å². The van der Waals surface area contributed by atoms with Crippen LogP contribution in [0.15, 0.2) is 23.4 Å². The maximum atomic E-state index is 14.2. The number of nitrogens with one attached hydrogen (secondary N) is 1. The summed E-state index contributed by atoms with van der Waals surface area (Å²) < 4.78 is 80.5. The standard InChI is InChI=1S/C20H25F4N5O3S/c1-11-8-20(23,24)9-18(11,3)10-29-15(12(2)16(28-29)19(4,21)22)17(30)27-13-5-6-26-14(7-13)33(25,31)32/h5-7,11H,8-10H2,1-4H3,(H2,25,31,32)(H,26,27,30). The van der Waals surface area contributed by atoms with E-state index in [0.717, 1.165) is 16.9 Å². The van der Waals surface area contributed by atoms with E-state index in [1.54, 1.807) is 13.8 Å². The van der Waals surface area contributed by atoms with Gasteiger partial charge in [0.05, 0.1) is 0 Å². The predicted molar refractivity (Wildman–Crippen MR) is 112 cm³/mol. The van der Waals surface area contributed by atoms with Crippen LogP contribution in [0.3, 0.4) is 0 Å². The third-order valence-electron chi connectivity index (χ3n) is 6.07. The normalized spacial score (nSPS) is 23.0. The summed E-state index contributed by atoms with van der Waals surface area (Å²) in [4.78, 5) is 16.7. The fourth-order valence-corrected chi connectivity index (χ4v) is 4.79. The minimum atomic E-state index is -4.15. The van der Waals surface area contributed by atoms with Gasteiger partial charge in [0.15, 0.2) is 5.03 Å². The van der Waals surface area contributed by atoms with Crippen molar-refractivity contribution in [2.75, 3.05) is 5.32 Å². The molecule has 1 fully saturated rings. The van der Waals surface area contributed by atoms with Crippen molar-refractivity contribution < 1.29 is 30.8 Å². The lowest BCUT2D eigenvalue weighted by molar-refractivity contribution is -0.00508. The van der Waals surface area contributed by atoms with Crippen LogP contribution in [0.1, 0.15) is 55.4 Å². The third-order valence-corrected chi connectivity index (χ3v) is 6.88. The average Bonchev–Trinajstić information content (AvgIpc) is 3.06. The van der Waals surface area contributed by atoms with E-state index < -0.39 is 56.2 Å². The fourth-order valence-electron chi connectivity index (χ4n) is 4.29. The van der Waals surface area contributed by atoms with Crippen molar-refractivity contribution in [3.63, 3.8) is 0 Å². The van der Waals surface area contributed by atoms with Gasteiger partial charge in [0.2, 0.25) is 5.92 Å². The van der Waals surface area contributed by atoms with Gasteiger partial charge in [-0.2, -0.15) is 13.9 Å². The lowest BCUT2D eigenvalue weighted by atomic mass is 9.81. The molecule has 1 amide bonds. The first-order chi connectivity index (χ1) is 14.9. The Morgan fingerprint density at radius 3 is 2.55 bits per heavy atom. The van der Waals surface area contributed by atoms with Crippen LogP contribution in [0.4, 0.5) is 23.2 Å². The second-order valence-electron chi connectivity index (χ2n) is 9.04. The Hall–Kier alpha value is -2.54. The summed E-state index contributed by atoms with van der Waals surface area (Å²) in [6, 6.07) is 2.30. The molecule has 0 spiro atoms. The molecule has 3 rings (SSSR count). The van der Waals surface area contributed by atoms with Gasteiger partial charge in [-0.05, 0) is 24.3 Å². The highest BCUT2D eigenvalue weighted by molar-refractivity contribution is 7.89. The van der Waals surface area contributed by atoms with Crippen LogP contribution in [0, 0.1) is 18.3 Å². The van der Waals surface area contributed by atoms with Crippen LogP contribution in [0.2, 0.25) is 0 Å². The predicted octanol–water partition coefficient (Wildman–Crippen LogP) is 3.67. The molecule has 13 heteroatoms. The van der Waals surface area contributed by atoms with Gasteiger partial charge in [-0.15, -0.1) is 0 Å². The van der Waals surface area contributed by atoms with Crippen molar-refractivity contribution in [3.05, 3.63) is 35.3 Å². The Kier molecular flexibility index (Phi) is 6.12. The average molecular weight is 492 g/mol. The summed E-state index contributed by atoms with van der Waals surface area (Å²) in [5.41, 5.74) is -1.98. The number of carbonyl (C=O) groups is 1. The molecule has 2 aromatic heterocycles. The number of sulfonamides is 1. The summed E-state index contributed by atoms with van der Waals surface area (Å²) >= 11 is 0. The smallest absolute Gasteiger partial charge is 0.289 e. The Balaban J connectivity index is 2.02. The van der Waals surface area contributed by atoms with E-state index in [0.29, 0.717) is 6.92 Å². The molecule has 0 saturated heterocycles. The molecule has 8 nitrogen and oxygen atoms in total. The zero-order valence-corrected chi connectivity index (χ0v) is 19.3. The molecule has 0 aromatic carbocycles. The number of hydrogen-bond donors (Lipinski definition) is 2. The highest BCUT2D eigenvalue weighted by Crippen LogP contribution is 2.52. The number of alkyl halides is 4. The van der Waals surface area contributed by atoms with Crippen molar-refractivity contribution in [1.82, 2.24) is 14.8 Å². The highest BCUT2D eigenvalue weighted by Gasteiger charge is 2.52. The zero-order chi connectivity index (χ0) is 25.0. The summed E-state index contributed by atoms with van der Waals surface area (Å²) in [5, 5.41) is 10.9. The lowest BCUT2D eigenvalue weighted by Crippen LogP contribution is -2.30. The first-order valence-electron chi connectivity index (χ1n) is 10.1. The summed E-state index contributed by atoms with van der Waals surface area (Å²) in [6.07, 6.45) is 0.283. The molecule has 33 heavy (non-hydrogen) atoms. The van der Waals surface area contributed by atoms with Gasteiger partial charge in [-0.1, -0.05) is 13.8 Å². The maximum Gasteiger partial charge on any atom is 0.289 e. The summed E-state index contributed by atoms with van der Waals surface area (Å²) in [5.74, 6) is -7.59. The van der Waals surface area contributed by atoms with Crippen molar-refractivity contribution in [2.45, 2.75) is 64.0 Å². The monoisotopic (exact) mass is 491 g/mol. The molecule has 0 bridgehead atoms. The molecule has 2 atom stereocenters. The molecule has 1 aliphatic rings. The van der Waals surface area contributed by atoms with Crippen LogP contribution >= 0.6 is 0 Å². The Morgan fingerprint density at radius 2 is 2.03 bits per heavy atom. The number of primary sulfonamides is 1. The third kappa shape index (κ3) is 5.18. The van der Waals surface area contributed by atoms with Crippen molar-refractivity contribution in [1.29, 1.82) is 0 Å². The molecule has 2 unspecified atom stereocenters. The quantitative estimate of drug-likeness (QED) is 0.598. The molecule has 0 radical (unpaired) electrons. The molecular formula is C20H25F4N5O3S. The number of rotatable bonds is 6. The van der Waals surface area contributed by atoms with E-state index in [1.165, 1.54) is 13.0 Å². The van der Waals surface area contributed by atoms with Crippen LogP contribution in [0.5, 0.6) is 0 Å². The van der Waals surface area contributed by atoms with E-state index in [9.17, 15) is 30.8 Å². The second-order valence-corrected chi connectivity index (χ2v) is 10.6.